The molecule has 2 amide bonds. The third kappa shape index (κ3) is 5.81. The van der Waals surface area contributed by atoms with Gasteiger partial charge in [-0.25, -0.2) is 4.98 Å². The number of piperidine rings is 1. The van der Waals surface area contributed by atoms with Crippen LogP contribution >= 0.6 is 11.3 Å². The first-order valence-electron chi connectivity index (χ1n) is 12.2. The van der Waals surface area contributed by atoms with Crippen LogP contribution in [0, 0.1) is 16.0 Å². The van der Waals surface area contributed by atoms with Gasteiger partial charge in [0.25, 0.3) is 11.6 Å². The molecular formula is C25H32N4O4S. The summed E-state index contributed by atoms with van der Waals surface area (Å²) in [5.41, 5.74) is 1.47. The highest BCUT2D eigenvalue weighted by molar-refractivity contribution is 7.09. The Labute approximate surface area is 204 Å². The molecule has 0 N–H and O–H groups in total. The van der Waals surface area contributed by atoms with Crippen molar-refractivity contribution in [2.24, 2.45) is 5.92 Å². The van der Waals surface area contributed by atoms with Crippen molar-refractivity contribution in [3.8, 4) is 0 Å². The molecule has 2 aliphatic rings. The van der Waals surface area contributed by atoms with E-state index in [2.05, 4.69) is 4.98 Å². The van der Waals surface area contributed by atoms with Gasteiger partial charge in [0.05, 0.1) is 9.93 Å². The second kappa shape index (κ2) is 11.1. The lowest BCUT2D eigenvalue weighted by Gasteiger charge is -2.34. The number of likely N-dealkylation sites (tertiary alicyclic amines) is 1. The van der Waals surface area contributed by atoms with Crippen LogP contribution in [0.15, 0.2) is 29.6 Å². The Hall–Kier alpha value is -2.81. The highest BCUT2D eigenvalue weighted by atomic mass is 32.1. The molecule has 34 heavy (non-hydrogen) atoms. The van der Waals surface area contributed by atoms with Gasteiger partial charge in [0, 0.05) is 56.0 Å². The Morgan fingerprint density at radius 1 is 1.12 bits per heavy atom. The molecule has 0 spiro atoms. The number of likely N-dealkylation sites (N-methyl/N-ethyl adjacent to an activating group) is 1. The maximum Gasteiger partial charge on any atom is 0.273 e. The molecule has 2 fully saturated rings. The van der Waals surface area contributed by atoms with Gasteiger partial charge in [-0.15, -0.1) is 11.3 Å². The zero-order chi connectivity index (χ0) is 24.1. The molecule has 1 aliphatic heterocycles. The third-order valence-corrected chi connectivity index (χ3v) is 8.09. The Balaban J connectivity index is 1.26. The molecular weight excluding hydrogens is 452 g/mol. The Morgan fingerprint density at radius 2 is 1.79 bits per heavy atom. The second-order valence-electron chi connectivity index (χ2n) is 9.41. The van der Waals surface area contributed by atoms with Crippen molar-refractivity contribution < 1.29 is 14.5 Å². The molecule has 1 aliphatic carbocycles. The highest BCUT2D eigenvalue weighted by Crippen LogP contribution is 2.33. The molecule has 0 radical (unpaired) electrons. The minimum absolute atomic E-state index is 0.0624. The smallest absolute Gasteiger partial charge is 0.273 e. The van der Waals surface area contributed by atoms with E-state index in [0.29, 0.717) is 30.5 Å². The number of hydrogen-bond acceptors (Lipinski definition) is 6. The molecule has 4 rings (SSSR count). The fourth-order valence-corrected chi connectivity index (χ4v) is 5.87. The molecule has 0 atom stereocenters. The quantitative estimate of drug-likeness (QED) is 0.421. The average Bonchev–Trinajstić information content (AvgIpc) is 3.37. The zero-order valence-electron chi connectivity index (χ0n) is 19.6. The van der Waals surface area contributed by atoms with Crippen LogP contribution in [0.2, 0.25) is 0 Å². The average molecular weight is 485 g/mol. The molecule has 1 aromatic carbocycles. The largest absolute Gasteiger partial charge is 0.342 e. The van der Waals surface area contributed by atoms with Crippen LogP contribution in [0.25, 0.3) is 0 Å². The standard InChI is InChI=1S/C25H32N4O4S/c1-27(14-11-18-7-9-21(10-8-18)29(32)33)25(31)22-17-34-23(26-22)19-12-15-28(16-13-19)24(30)20-5-3-2-4-6-20/h7-10,17,19-20H,2-6,11-16H2,1H3. The Bertz CT molecular complexity index is 1010. The fraction of sp³-hybridized carbons (Fsp3) is 0.560. The summed E-state index contributed by atoms with van der Waals surface area (Å²) in [6, 6.07) is 6.42. The van der Waals surface area contributed by atoms with E-state index in [4.69, 9.17) is 0 Å². The number of nitro benzene ring substituents is 1. The van der Waals surface area contributed by atoms with E-state index in [-0.39, 0.29) is 17.5 Å². The minimum Gasteiger partial charge on any atom is -0.342 e. The first kappa shape index (κ1) is 24.3. The number of nitro groups is 1. The van der Waals surface area contributed by atoms with Gasteiger partial charge < -0.3 is 9.80 Å². The molecule has 1 saturated heterocycles. The van der Waals surface area contributed by atoms with E-state index in [1.54, 1.807) is 24.1 Å². The van der Waals surface area contributed by atoms with Crippen LogP contribution in [-0.2, 0) is 11.2 Å². The van der Waals surface area contributed by atoms with Crippen LogP contribution in [0.1, 0.15) is 71.9 Å². The monoisotopic (exact) mass is 484 g/mol. The zero-order valence-corrected chi connectivity index (χ0v) is 20.5. The topological polar surface area (TPSA) is 96.6 Å². The summed E-state index contributed by atoms with van der Waals surface area (Å²) in [5.74, 6) is 0.737. The van der Waals surface area contributed by atoms with Crippen molar-refractivity contribution in [3.63, 3.8) is 0 Å². The Kier molecular flexibility index (Phi) is 7.92. The van der Waals surface area contributed by atoms with E-state index in [1.807, 2.05) is 10.3 Å². The van der Waals surface area contributed by atoms with E-state index in [1.165, 1.54) is 42.7 Å². The molecule has 9 heteroatoms. The molecule has 2 heterocycles. The van der Waals surface area contributed by atoms with Crippen LogP contribution in [0.4, 0.5) is 5.69 Å². The second-order valence-corrected chi connectivity index (χ2v) is 10.3. The summed E-state index contributed by atoms with van der Waals surface area (Å²) in [6.07, 6.45) is 8.08. The van der Waals surface area contributed by atoms with E-state index in [9.17, 15) is 19.7 Å². The lowest BCUT2D eigenvalue weighted by molar-refractivity contribution is -0.384. The van der Waals surface area contributed by atoms with E-state index in [0.717, 1.165) is 49.3 Å². The number of non-ortho nitro benzene ring substituents is 1. The summed E-state index contributed by atoms with van der Waals surface area (Å²) in [6.45, 7) is 2.06. The third-order valence-electron chi connectivity index (χ3n) is 7.08. The number of nitrogens with zero attached hydrogens (tertiary/aromatic N) is 4. The molecule has 8 nitrogen and oxygen atoms in total. The number of benzene rings is 1. The van der Waals surface area contributed by atoms with Gasteiger partial charge in [-0.3, -0.25) is 19.7 Å². The predicted octanol–water partition coefficient (Wildman–Crippen LogP) is 4.65. The molecule has 182 valence electrons. The van der Waals surface area contributed by atoms with Crippen molar-refractivity contribution in [2.45, 2.75) is 57.3 Å². The predicted molar refractivity (Wildman–Crippen MR) is 131 cm³/mol. The van der Waals surface area contributed by atoms with Crippen molar-refractivity contribution in [3.05, 3.63) is 56.0 Å². The van der Waals surface area contributed by atoms with Crippen molar-refractivity contribution in [1.29, 1.82) is 0 Å². The number of aromatic nitrogens is 1. The fourth-order valence-electron chi connectivity index (χ4n) is 4.91. The molecule has 1 saturated carbocycles. The summed E-state index contributed by atoms with van der Waals surface area (Å²) in [5, 5.41) is 13.6. The van der Waals surface area contributed by atoms with Crippen LogP contribution < -0.4 is 0 Å². The maximum atomic E-state index is 12.8. The van der Waals surface area contributed by atoms with Gasteiger partial charge in [-0.05, 0) is 37.7 Å². The van der Waals surface area contributed by atoms with Gasteiger partial charge in [-0.1, -0.05) is 31.4 Å². The van der Waals surface area contributed by atoms with Crippen LogP contribution in [0.3, 0.4) is 0 Å². The number of rotatable bonds is 7. The number of carbonyl (C=O) groups is 2. The highest BCUT2D eigenvalue weighted by Gasteiger charge is 2.30. The van der Waals surface area contributed by atoms with Gasteiger partial charge in [-0.2, -0.15) is 0 Å². The molecule has 2 aromatic rings. The van der Waals surface area contributed by atoms with Crippen LogP contribution in [-0.4, -0.2) is 58.2 Å². The van der Waals surface area contributed by atoms with Gasteiger partial charge in [0.15, 0.2) is 0 Å². The minimum atomic E-state index is -0.419. The summed E-state index contributed by atoms with van der Waals surface area (Å²) in [4.78, 5) is 44.4. The van der Waals surface area contributed by atoms with Crippen LogP contribution in [0.5, 0.6) is 0 Å². The first-order chi connectivity index (χ1) is 16.4. The lowest BCUT2D eigenvalue weighted by Crippen LogP contribution is -2.41. The number of amides is 2. The number of hydrogen-bond donors (Lipinski definition) is 0. The maximum absolute atomic E-state index is 12.8. The van der Waals surface area contributed by atoms with E-state index >= 15 is 0 Å². The number of thiazole rings is 1. The van der Waals surface area contributed by atoms with Crippen molar-refractivity contribution in [1.82, 2.24) is 14.8 Å². The molecule has 1 aromatic heterocycles. The van der Waals surface area contributed by atoms with Crippen molar-refractivity contribution in [2.75, 3.05) is 26.7 Å². The van der Waals surface area contributed by atoms with Gasteiger partial charge in [0.2, 0.25) is 5.91 Å². The normalized spacial score (nSPS) is 17.5. The molecule has 0 unspecified atom stereocenters. The summed E-state index contributed by atoms with van der Waals surface area (Å²) in [7, 11) is 1.75. The van der Waals surface area contributed by atoms with Crippen molar-refractivity contribution >= 4 is 28.8 Å². The molecule has 0 bridgehead atoms. The van der Waals surface area contributed by atoms with Gasteiger partial charge >= 0.3 is 0 Å². The van der Waals surface area contributed by atoms with Gasteiger partial charge in [0.1, 0.15) is 5.69 Å². The van der Waals surface area contributed by atoms with E-state index < -0.39 is 4.92 Å². The Morgan fingerprint density at radius 3 is 2.44 bits per heavy atom. The first-order valence-corrected chi connectivity index (χ1v) is 13.0. The number of carbonyl (C=O) groups excluding carboxylic acids is 2. The summed E-state index contributed by atoms with van der Waals surface area (Å²) >= 11 is 1.53. The summed E-state index contributed by atoms with van der Waals surface area (Å²) < 4.78 is 0. The SMILES string of the molecule is CN(CCc1ccc([N+](=O)[O-])cc1)C(=O)c1csc(C2CCN(C(=O)C3CCCCC3)CC2)n1. The lowest BCUT2D eigenvalue weighted by atomic mass is 9.87.